The number of halogens is 1. The lowest BCUT2D eigenvalue weighted by Crippen LogP contribution is -2.36. The first-order chi connectivity index (χ1) is 7.20. The summed E-state index contributed by atoms with van der Waals surface area (Å²) in [5.41, 5.74) is 0. The number of hydrogen-bond acceptors (Lipinski definition) is 2. The van der Waals surface area contributed by atoms with Crippen LogP contribution >= 0.6 is 15.9 Å². The summed E-state index contributed by atoms with van der Waals surface area (Å²) in [5.74, 6) is 0.247. The molecule has 0 spiro atoms. The fourth-order valence-corrected chi connectivity index (χ4v) is 2.01. The van der Waals surface area contributed by atoms with Crippen LogP contribution in [0, 0.1) is 5.92 Å². The van der Waals surface area contributed by atoms with E-state index in [1.807, 2.05) is 0 Å². The highest BCUT2D eigenvalue weighted by Gasteiger charge is 2.20. The number of hydrogen-bond donors (Lipinski definition) is 1. The third-order valence-electron chi connectivity index (χ3n) is 2.61. The maximum Gasteiger partial charge on any atom is 0.225 e. The Morgan fingerprint density at radius 2 is 2.47 bits per heavy atom. The first-order valence-electron chi connectivity index (χ1n) is 5.69. The van der Waals surface area contributed by atoms with Gasteiger partial charge in [-0.2, -0.15) is 0 Å². The van der Waals surface area contributed by atoms with E-state index in [1.54, 1.807) is 0 Å². The summed E-state index contributed by atoms with van der Waals surface area (Å²) in [5, 5.41) is 2.97. The van der Waals surface area contributed by atoms with Crippen molar-refractivity contribution in [2.24, 2.45) is 5.92 Å². The predicted molar refractivity (Wildman–Crippen MR) is 64.2 cm³/mol. The lowest BCUT2D eigenvalue weighted by Gasteiger charge is -2.21. The van der Waals surface area contributed by atoms with Crippen LogP contribution in [0.1, 0.15) is 32.6 Å². The Morgan fingerprint density at radius 1 is 1.67 bits per heavy atom. The average molecular weight is 278 g/mol. The number of amides is 1. The molecule has 0 bridgehead atoms. The van der Waals surface area contributed by atoms with Crippen LogP contribution in [0.25, 0.3) is 0 Å². The van der Waals surface area contributed by atoms with E-state index in [0.29, 0.717) is 11.4 Å². The minimum Gasteiger partial charge on any atom is -0.381 e. The van der Waals surface area contributed by atoms with Crippen molar-refractivity contribution in [3.8, 4) is 0 Å². The van der Waals surface area contributed by atoms with Crippen molar-refractivity contribution in [2.75, 3.05) is 19.8 Å². The zero-order chi connectivity index (χ0) is 11.1. The van der Waals surface area contributed by atoms with Crippen molar-refractivity contribution in [1.29, 1.82) is 0 Å². The highest BCUT2D eigenvalue weighted by Crippen LogP contribution is 2.13. The minimum atomic E-state index is 0.0835. The molecule has 1 rings (SSSR count). The molecule has 1 aliphatic rings. The van der Waals surface area contributed by atoms with Gasteiger partial charge in [0.05, 0.1) is 12.5 Å². The second-order valence-electron chi connectivity index (χ2n) is 4.13. The average Bonchev–Trinajstić information content (AvgIpc) is 2.25. The second-order valence-corrected chi connectivity index (χ2v) is 5.69. The summed E-state index contributed by atoms with van der Waals surface area (Å²) in [4.78, 5) is 12.2. The van der Waals surface area contributed by atoms with Gasteiger partial charge in [0.1, 0.15) is 0 Å². The number of carbonyl (C=O) groups is 1. The molecule has 15 heavy (non-hydrogen) atoms. The zero-order valence-corrected chi connectivity index (χ0v) is 10.9. The summed E-state index contributed by atoms with van der Waals surface area (Å²) in [6, 6.07) is 0. The number of ether oxygens (including phenoxy) is 1. The van der Waals surface area contributed by atoms with E-state index in [2.05, 4.69) is 28.2 Å². The van der Waals surface area contributed by atoms with Crippen molar-refractivity contribution in [2.45, 2.75) is 37.4 Å². The van der Waals surface area contributed by atoms with Crippen LogP contribution in [0.4, 0.5) is 0 Å². The van der Waals surface area contributed by atoms with Crippen LogP contribution in [0.3, 0.4) is 0 Å². The summed E-state index contributed by atoms with van der Waals surface area (Å²) >= 11 is 3.49. The van der Waals surface area contributed by atoms with Crippen molar-refractivity contribution in [3.63, 3.8) is 0 Å². The van der Waals surface area contributed by atoms with Gasteiger partial charge in [0.25, 0.3) is 0 Å². The number of alkyl halides is 1. The van der Waals surface area contributed by atoms with E-state index < -0.39 is 0 Å². The molecular weight excluding hydrogens is 258 g/mol. The molecule has 0 aliphatic carbocycles. The molecule has 1 saturated heterocycles. The van der Waals surface area contributed by atoms with Gasteiger partial charge in [-0.3, -0.25) is 4.79 Å². The van der Waals surface area contributed by atoms with E-state index in [4.69, 9.17) is 4.74 Å². The summed E-state index contributed by atoms with van der Waals surface area (Å²) in [7, 11) is 0. The maximum atomic E-state index is 11.6. The molecule has 0 aromatic carbocycles. The molecule has 0 aromatic rings. The minimum absolute atomic E-state index is 0.0835. The van der Waals surface area contributed by atoms with Crippen molar-refractivity contribution < 1.29 is 9.53 Å². The molecule has 3 nitrogen and oxygen atoms in total. The number of carbonyl (C=O) groups excluding carboxylic acids is 1. The van der Waals surface area contributed by atoms with Gasteiger partial charge in [0.2, 0.25) is 5.91 Å². The normalized spacial score (nSPS) is 23.5. The van der Waals surface area contributed by atoms with Crippen LogP contribution in [0.5, 0.6) is 0 Å². The zero-order valence-electron chi connectivity index (χ0n) is 9.30. The fourth-order valence-electron chi connectivity index (χ4n) is 1.69. The first kappa shape index (κ1) is 13.0. The van der Waals surface area contributed by atoms with E-state index in [1.165, 1.54) is 0 Å². The van der Waals surface area contributed by atoms with Gasteiger partial charge in [-0.25, -0.2) is 0 Å². The van der Waals surface area contributed by atoms with Gasteiger partial charge in [-0.05, 0) is 25.7 Å². The van der Waals surface area contributed by atoms with Gasteiger partial charge >= 0.3 is 0 Å². The van der Waals surface area contributed by atoms with Crippen LogP contribution in [-0.4, -0.2) is 30.5 Å². The monoisotopic (exact) mass is 277 g/mol. The van der Waals surface area contributed by atoms with Gasteiger partial charge in [-0.1, -0.05) is 22.9 Å². The van der Waals surface area contributed by atoms with E-state index in [9.17, 15) is 4.79 Å². The number of nitrogens with one attached hydrogen (secondary N) is 1. The number of rotatable bonds is 5. The standard InChI is InChI=1S/C11H20BrNO2/c1-9(12)4-2-6-13-11(14)10-5-3-7-15-8-10/h9-10H,2-8H2,1H3,(H,13,14). The highest BCUT2D eigenvalue weighted by atomic mass is 79.9. The van der Waals surface area contributed by atoms with Crippen LogP contribution in [-0.2, 0) is 9.53 Å². The summed E-state index contributed by atoms with van der Waals surface area (Å²) in [6.07, 6.45) is 4.12. The Kier molecular flexibility index (Phi) is 6.25. The van der Waals surface area contributed by atoms with E-state index in [0.717, 1.165) is 38.8 Å². The Morgan fingerprint density at radius 3 is 3.07 bits per heavy atom. The Hall–Kier alpha value is -0.0900. The molecule has 1 heterocycles. The Bertz CT molecular complexity index is 191. The van der Waals surface area contributed by atoms with Crippen LogP contribution in [0.2, 0.25) is 0 Å². The third-order valence-corrected chi connectivity index (χ3v) is 3.07. The SMILES string of the molecule is CC(Br)CCCNC(=O)C1CCCOC1. The topological polar surface area (TPSA) is 38.3 Å². The van der Waals surface area contributed by atoms with Gasteiger partial charge in [0.15, 0.2) is 0 Å². The Labute approximate surface area is 100 Å². The molecule has 1 N–H and O–H groups in total. The molecule has 0 aromatic heterocycles. The maximum absolute atomic E-state index is 11.6. The lowest BCUT2D eigenvalue weighted by molar-refractivity contribution is -0.128. The highest BCUT2D eigenvalue weighted by molar-refractivity contribution is 9.09. The molecule has 4 heteroatoms. The van der Waals surface area contributed by atoms with E-state index >= 15 is 0 Å². The quantitative estimate of drug-likeness (QED) is 0.617. The molecule has 2 unspecified atom stereocenters. The molecule has 88 valence electrons. The van der Waals surface area contributed by atoms with Crippen molar-refractivity contribution >= 4 is 21.8 Å². The molecule has 1 amide bonds. The van der Waals surface area contributed by atoms with Crippen LogP contribution < -0.4 is 5.32 Å². The van der Waals surface area contributed by atoms with Crippen LogP contribution in [0.15, 0.2) is 0 Å². The molecule has 1 aliphatic heterocycles. The summed E-state index contributed by atoms with van der Waals surface area (Å²) in [6.45, 7) is 4.31. The molecule has 0 saturated carbocycles. The lowest BCUT2D eigenvalue weighted by atomic mass is 10.0. The fraction of sp³-hybridized carbons (Fsp3) is 0.909. The predicted octanol–water partition coefficient (Wildman–Crippen LogP) is 2.09. The summed E-state index contributed by atoms with van der Waals surface area (Å²) < 4.78 is 5.28. The largest absolute Gasteiger partial charge is 0.381 e. The van der Waals surface area contributed by atoms with Gasteiger partial charge in [0, 0.05) is 18.0 Å². The molecule has 2 atom stereocenters. The Balaban J connectivity index is 2.07. The van der Waals surface area contributed by atoms with Gasteiger partial charge < -0.3 is 10.1 Å². The first-order valence-corrected chi connectivity index (χ1v) is 6.61. The second kappa shape index (κ2) is 7.23. The molecular formula is C11H20BrNO2. The molecule has 0 radical (unpaired) electrons. The van der Waals surface area contributed by atoms with E-state index in [-0.39, 0.29) is 11.8 Å². The molecule has 1 fully saturated rings. The van der Waals surface area contributed by atoms with Gasteiger partial charge in [-0.15, -0.1) is 0 Å². The van der Waals surface area contributed by atoms with Crippen molar-refractivity contribution in [1.82, 2.24) is 5.32 Å². The third kappa shape index (κ3) is 5.52. The van der Waals surface area contributed by atoms with Crippen molar-refractivity contribution in [3.05, 3.63) is 0 Å². The smallest absolute Gasteiger partial charge is 0.225 e.